The van der Waals surface area contributed by atoms with E-state index in [1.807, 2.05) is 54.6 Å². The summed E-state index contributed by atoms with van der Waals surface area (Å²) in [6.07, 6.45) is 0.0768. The van der Waals surface area contributed by atoms with Gasteiger partial charge in [-0.1, -0.05) is 54.6 Å². The molecule has 0 saturated carbocycles. The number of rotatable bonds is 4. The van der Waals surface area contributed by atoms with E-state index in [4.69, 9.17) is 5.11 Å². The maximum absolute atomic E-state index is 11.0. The SMILES string of the molecule is CC(O)(Cc1ccccc1-c1ccccc1)C(=O)O. The lowest BCUT2D eigenvalue weighted by atomic mass is 9.90. The molecule has 0 aliphatic carbocycles. The zero-order valence-corrected chi connectivity index (χ0v) is 10.7. The maximum Gasteiger partial charge on any atom is 0.335 e. The molecular formula is C16H16O3. The Kier molecular flexibility index (Phi) is 3.67. The van der Waals surface area contributed by atoms with Gasteiger partial charge in [-0.3, -0.25) is 0 Å². The lowest BCUT2D eigenvalue weighted by Gasteiger charge is -2.20. The summed E-state index contributed by atoms with van der Waals surface area (Å²) in [5, 5.41) is 18.9. The monoisotopic (exact) mass is 256 g/mol. The summed E-state index contributed by atoms with van der Waals surface area (Å²) in [5.74, 6) is -1.21. The number of aliphatic hydroxyl groups is 1. The number of aliphatic carboxylic acids is 1. The van der Waals surface area contributed by atoms with Gasteiger partial charge in [0, 0.05) is 6.42 Å². The molecule has 0 amide bonds. The lowest BCUT2D eigenvalue weighted by molar-refractivity contribution is -0.156. The van der Waals surface area contributed by atoms with E-state index in [9.17, 15) is 9.90 Å². The number of carbonyl (C=O) groups is 1. The van der Waals surface area contributed by atoms with Crippen LogP contribution in [0.3, 0.4) is 0 Å². The topological polar surface area (TPSA) is 57.5 Å². The van der Waals surface area contributed by atoms with Gasteiger partial charge >= 0.3 is 5.97 Å². The second kappa shape index (κ2) is 5.24. The third-order valence-corrected chi connectivity index (χ3v) is 3.10. The van der Waals surface area contributed by atoms with E-state index < -0.39 is 11.6 Å². The molecular weight excluding hydrogens is 240 g/mol. The number of hydrogen-bond acceptors (Lipinski definition) is 2. The standard InChI is InChI=1S/C16H16O3/c1-16(19,15(17)18)11-13-9-5-6-10-14(13)12-7-3-2-4-8-12/h2-10,19H,11H2,1H3,(H,17,18). The van der Waals surface area contributed by atoms with Gasteiger partial charge in [0.15, 0.2) is 5.60 Å². The van der Waals surface area contributed by atoms with Gasteiger partial charge in [0.1, 0.15) is 0 Å². The molecule has 0 saturated heterocycles. The first-order valence-electron chi connectivity index (χ1n) is 6.10. The second-order valence-electron chi connectivity index (χ2n) is 4.78. The van der Waals surface area contributed by atoms with Crippen molar-refractivity contribution < 1.29 is 15.0 Å². The summed E-state index contributed by atoms with van der Waals surface area (Å²) in [6, 6.07) is 17.3. The predicted octanol–water partition coefficient (Wildman–Crippen LogP) is 2.73. The van der Waals surface area contributed by atoms with Crippen LogP contribution in [0.15, 0.2) is 54.6 Å². The fraction of sp³-hybridized carbons (Fsp3) is 0.188. The number of carboxylic acids is 1. The normalized spacial score (nSPS) is 13.8. The van der Waals surface area contributed by atoms with Crippen molar-refractivity contribution in [2.24, 2.45) is 0 Å². The van der Waals surface area contributed by atoms with E-state index in [0.717, 1.165) is 16.7 Å². The maximum atomic E-state index is 11.0. The Bertz CT molecular complexity index is 574. The Morgan fingerprint density at radius 1 is 1.05 bits per heavy atom. The molecule has 0 heterocycles. The third kappa shape index (κ3) is 3.01. The minimum atomic E-state index is -1.76. The van der Waals surface area contributed by atoms with Crippen molar-refractivity contribution in [3.05, 3.63) is 60.2 Å². The Labute approximate surface area is 112 Å². The first-order valence-corrected chi connectivity index (χ1v) is 6.10. The fourth-order valence-electron chi connectivity index (χ4n) is 2.02. The molecule has 1 unspecified atom stereocenters. The molecule has 0 spiro atoms. The smallest absolute Gasteiger partial charge is 0.335 e. The van der Waals surface area contributed by atoms with Crippen LogP contribution < -0.4 is 0 Å². The molecule has 0 radical (unpaired) electrons. The average Bonchev–Trinajstić information content (AvgIpc) is 2.40. The van der Waals surface area contributed by atoms with Gasteiger partial charge in [-0.15, -0.1) is 0 Å². The molecule has 0 aromatic heterocycles. The molecule has 2 N–H and O–H groups in total. The second-order valence-corrected chi connectivity index (χ2v) is 4.78. The van der Waals surface area contributed by atoms with Gasteiger partial charge in [0.2, 0.25) is 0 Å². The van der Waals surface area contributed by atoms with Crippen LogP contribution in [-0.2, 0) is 11.2 Å². The highest BCUT2D eigenvalue weighted by atomic mass is 16.4. The first-order chi connectivity index (χ1) is 9.00. The van der Waals surface area contributed by atoms with Gasteiger partial charge in [-0.2, -0.15) is 0 Å². The van der Waals surface area contributed by atoms with Crippen LogP contribution in [0.25, 0.3) is 11.1 Å². The predicted molar refractivity (Wildman–Crippen MR) is 73.8 cm³/mol. The van der Waals surface area contributed by atoms with Crippen molar-refractivity contribution >= 4 is 5.97 Å². The molecule has 0 aliphatic rings. The van der Waals surface area contributed by atoms with Crippen LogP contribution >= 0.6 is 0 Å². The van der Waals surface area contributed by atoms with Crippen molar-refractivity contribution in [3.8, 4) is 11.1 Å². The van der Waals surface area contributed by atoms with Crippen molar-refractivity contribution in [1.82, 2.24) is 0 Å². The summed E-state index contributed by atoms with van der Waals surface area (Å²) >= 11 is 0. The van der Waals surface area contributed by atoms with Crippen molar-refractivity contribution in [1.29, 1.82) is 0 Å². The summed E-state index contributed by atoms with van der Waals surface area (Å²) in [7, 11) is 0. The quantitative estimate of drug-likeness (QED) is 0.884. The number of benzene rings is 2. The largest absolute Gasteiger partial charge is 0.479 e. The first kappa shape index (κ1) is 13.3. The minimum absolute atomic E-state index is 0.0768. The Hall–Kier alpha value is -2.13. The summed E-state index contributed by atoms with van der Waals surface area (Å²) in [4.78, 5) is 11.0. The summed E-state index contributed by atoms with van der Waals surface area (Å²) in [6.45, 7) is 1.32. The molecule has 0 fully saturated rings. The van der Waals surface area contributed by atoms with Crippen LogP contribution in [0.4, 0.5) is 0 Å². The molecule has 2 aromatic carbocycles. The van der Waals surface area contributed by atoms with Gasteiger partial charge in [-0.05, 0) is 23.6 Å². The fourth-order valence-corrected chi connectivity index (χ4v) is 2.02. The van der Waals surface area contributed by atoms with Crippen molar-refractivity contribution in [2.75, 3.05) is 0 Å². The van der Waals surface area contributed by atoms with E-state index >= 15 is 0 Å². The highest BCUT2D eigenvalue weighted by molar-refractivity contribution is 5.78. The highest BCUT2D eigenvalue weighted by Gasteiger charge is 2.30. The molecule has 19 heavy (non-hydrogen) atoms. The highest BCUT2D eigenvalue weighted by Crippen LogP contribution is 2.26. The zero-order chi connectivity index (χ0) is 13.9. The van der Waals surface area contributed by atoms with Gasteiger partial charge < -0.3 is 10.2 Å². The van der Waals surface area contributed by atoms with E-state index in [0.29, 0.717) is 0 Å². The molecule has 0 bridgehead atoms. The number of hydrogen-bond donors (Lipinski definition) is 2. The lowest BCUT2D eigenvalue weighted by Crippen LogP contribution is -2.37. The van der Waals surface area contributed by atoms with Crippen molar-refractivity contribution in [2.45, 2.75) is 18.9 Å². The van der Waals surface area contributed by atoms with E-state index in [1.54, 1.807) is 0 Å². The molecule has 98 valence electrons. The molecule has 0 aliphatic heterocycles. The minimum Gasteiger partial charge on any atom is -0.479 e. The summed E-state index contributed by atoms with van der Waals surface area (Å²) in [5.41, 5.74) is 1.02. The molecule has 3 heteroatoms. The van der Waals surface area contributed by atoms with Crippen LogP contribution in [0.5, 0.6) is 0 Å². The van der Waals surface area contributed by atoms with Crippen LogP contribution in [-0.4, -0.2) is 21.8 Å². The number of carboxylic acid groups (broad SMARTS) is 1. The zero-order valence-electron chi connectivity index (χ0n) is 10.7. The van der Waals surface area contributed by atoms with E-state index in [1.165, 1.54) is 6.92 Å². The summed E-state index contributed by atoms with van der Waals surface area (Å²) < 4.78 is 0. The molecule has 3 nitrogen and oxygen atoms in total. The van der Waals surface area contributed by atoms with E-state index in [2.05, 4.69) is 0 Å². The Morgan fingerprint density at radius 3 is 2.26 bits per heavy atom. The van der Waals surface area contributed by atoms with Gasteiger partial charge in [-0.25, -0.2) is 4.79 Å². The van der Waals surface area contributed by atoms with Crippen LogP contribution in [0, 0.1) is 0 Å². The van der Waals surface area contributed by atoms with Crippen LogP contribution in [0.1, 0.15) is 12.5 Å². The van der Waals surface area contributed by atoms with Gasteiger partial charge in [0.05, 0.1) is 0 Å². The van der Waals surface area contributed by atoms with E-state index in [-0.39, 0.29) is 6.42 Å². The average molecular weight is 256 g/mol. The van der Waals surface area contributed by atoms with Crippen LogP contribution in [0.2, 0.25) is 0 Å². The third-order valence-electron chi connectivity index (χ3n) is 3.10. The Balaban J connectivity index is 2.40. The molecule has 2 aromatic rings. The molecule has 2 rings (SSSR count). The molecule has 1 atom stereocenters. The Morgan fingerprint density at radius 2 is 1.63 bits per heavy atom. The van der Waals surface area contributed by atoms with Crippen molar-refractivity contribution in [3.63, 3.8) is 0 Å². The van der Waals surface area contributed by atoms with Gasteiger partial charge in [0.25, 0.3) is 0 Å².